The Kier molecular flexibility index (Phi) is 6.19. The molecular weight excluding hydrogens is 325 g/mol. The van der Waals surface area contributed by atoms with E-state index in [0.29, 0.717) is 4.90 Å². The fourth-order valence-corrected chi connectivity index (χ4v) is 3.19. The molecule has 2 rings (SSSR count). The van der Waals surface area contributed by atoms with Gasteiger partial charge in [-0.05, 0) is 43.3 Å². The van der Waals surface area contributed by atoms with E-state index in [0.717, 1.165) is 17.1 Å². The van der Waals surface area contributed by atoms with Gasteiger partial charge in [-0.2, -0.15) is 3.89 Å². The van der Waals surface area contributed by atoms with Crippen LogP contribution < -0.4 is 5.32 Å². The van der Waals surface area contributed by atoms with Gasteiger partial charge in [-0.25, -0.2) is 0 Å². The van der Waals surface area contributed by atoms with Crippen LogP contribution >= 0.6 is 23.9 Å². The minimum atomic E-state index is -0.0664. The second-order valence-corrected chi connectivity index (χ2v) is 7.87. The molecule has 122 valence electrons. The van der Waals surface area contributed by atoms with Crippen molar-refractivity contribution < 1.29 is 3.89 Å². The molecule has 1 N–H and O–H groups in total. The lowest BCUT2D eigenvalue weighted by molar-refractivity contribution is 0.521. The van der Waals surface area contributed by atoms with E-state index in [4.69, 9.17) is 0 Å². The summed E-state index contributed by atoms with van der Waals surface area (Å²) in [7, 11) is 0. The van der Waals surface area contributed by atoms with Gasteiger partial charge in [-0.15, -0.1) is 11.8 Å². The van der Waals surface area contributed by atoms with E-state index >= 15 is 0 Å². The smallest absolute Gasteiger partial charge is 0.0812 e. The summed E-state index contributed by atoms with van der Waals surface area (Å²) < 4.78 is 12.5. The van der Waals surface area contributed by atoms with Crippen LogP contribution in [0.25, 0.3) is 0 Å². The molecule has 0 atom stereocenters. The van der Waals surface area contributed by atoms with Crippen LogP contribution in [0.2, 0.25) is 0 Å². The minimum Gasteiger partial charge on any atom is -0.359 e. The molecule has 0 aliphatic heterocycles. The Hall–Kier alpha value is -1.39. The van der Waals surface area contributed by atoms with Crippen molar-refractivity contribution in [3.05, 3.63) is 66.4 Å². The van der Waals surface area contributed by atoms with Crippen molar-refractivity contribution in [3.63, 3.8) is 0 Å². The van der Waals surface area contributed by atoms with Crippen LogP contribution in [0.3, 0.4) is 0 Å². The van der Waals surface area contributed by atoms with E-state index in [9.17, 15) is 3.89 Å². The van der Waals surface area contributed by atoms with Gasteiger partial charge in [0.25, 0.3) is 0 Å². The second-order valence-electron chi connectivity index (χ2n) is 6.19. The van der Waals surface area contributed by atoms with Crippen molar-refractivity contribution in [2.45, 2.75) is 30.6 Å². The number of benzene rings is 2. The highest BCUT2D eigenvalue weighted by atomic mass is 32.2. The first-order chi connectivity index (χ1) is 10.9. The van der Waals surface area contributed by atoms with E-state index < -0.39 is 0 Å². The number of hydrogen-bond acceptors (Lipinski definition) is 3. The van der Waals surface area contributed by atoms with Crippen LogP contribution in [0.1, 0.15) is 19.4 Å². The topological polar surface area (TPSA) is 12.0 Å². The van der Waals surface area contributed by atoms with Crippen LogP contribution in [0.15, 0.2) is 70.6 Å². The molecule has 2 aromatic rings. The highest BCUT2D eigenvalue weighted by Gasteiger charge is 2.22. The van der Waals surface area contributed by atoms with Crippen molar-refractivity contribution in [2.24, 2.45) is 5.41 Å². The predicted octanol–water partition coefficient (Wildman–Crippen LogP) is 6.72. The van der Waals surface area contributed by atoms with Gasteiger partial charge in [0.2, 0.25) is 0 Å². The fraction of sp³-hybridized carbons (Fsp3) is 0.263. The Morgan fingerprint density at radius 1 is 1.04 bits per heavy atom. The van der Waals surface area contributed by atoms with E-state index in [1.807, 2.05) is 23.9 Å². The van der Waals surface area contributed by atoms with E-state index in [1.165, 1.54) is 10.5 Å². The number of rotatable bonds is 7. The Bertz CT molecular complexity index is 648. The highest BCUT2D eigenvalue weighted by Crippen LogP contribution is 2.34. The fourth-order valence-electron chi connectivity index (χ4n) is 1.92. The Balaban J connectivity index is 1.94. The zero-order chi connectivity index (χ0) is 16.9. The maximum atomic E-state index is 12.5. The van der Waals surface area contributed by atoms with Crippen LogP contribution in [-0.2, 0) is 0 Å². The van der Waals surface area contributed by atoms with Crippen LogP contribution in [-0.4, -0.2) is 5.75 Å². The molecule has 0 heterocycles. The molecular formula is C19H22FNS2. The summed E-state index contributed by atoms with van der Waals surface area (Å²) in [4.78, 5) is 1.87. The largest absolute Gasteiger partial charge is 0.359 e. The molecule has 0 bridgehead atoms. The molecule has 0 saturated heterocycles. The predicted molar refractivity (Wildman–Crippen MR) is 102 cm³/mol. The number of allylic oxidation sites excluding steroid dienone is 1. The third-order valence-electron chi connectivity index (χ3n) is 3.68. The summed E-state index contributed by atoms with van der Waals surface area (Å²) in [5.41, 5.74) is 3.09. The normalized spacial score (nSPS) is 11.3. The number of anilines is 1. The van der Waals surface area contributed by atoms with Gasteiger partial charge in [0.05, 0.1) is 12.1 Å². The summed E-state index contributed by atoms with van der Waals surface area (Å²) in [6, 6.07) is 15.8. The maximum absolute atomic E-state index is 12.5. The summed E-state index contributed by atoms with van der Waals surface area (Å²) in [6.45, 7) is 10.6. The number of nitrogens with one attached hydrogen (secondary N) is 1. The average Bonchev–Trinajstić information content (AvgIpc) is 2.55. The molecule has 0 radical (unpaired) electrons. The number of aryl methyl sites for hydroxylation is 1. The van der Waals surface area contributed by atoms with Gasteiger partial charge in [0.15, 0.2) is 0 Å². The Morgan fingerprint density at radius 2 is 1.61 bits per heavy atom. The third kappa shape index (κ3) is 5.33. The summed E-state index contributed by atoms with van der Waals surface area (Å²) in [5.74, 6) is 0.931. The van der Waals surface area contributed by atoms with E-state index in [2.05, 4.69) is 56.9 Å². The average molecular weight is 348 g/mol. The van der Waals surface area contributed by atoms with Crippen LogP contribution in [0.5, 0.6) is 0 Å². The standard InChI is InChI=1S/C19H22FNS2/c1-14-5-9-17(10-6-14)22-13-19(3,4)15(2)21-16-7-11-18(23-20)12-8-16/h5-12,21H,2,13H2,1,3-4H3. The summed E-state index contributed by atoms with van der Waals surface area (Å²) >= 11 is 2.08. The van der Waals surface area contributed by atoms with Gasteiger partial charge in [0.1, 0.15) is 0 Å². The van der Waals surface area contributed by atoms with Crippen molar-refractivity contribution in [3.8, 4) is 0 Å². The van der Waals surface area contributed by atoms with E-state index in [-0.39, 0.29) is 17.6 Å². The highest BCUT2D eigenvalue weighted by molar-refractivity contribution is 7.99. The SMILES string of the molecule is C=C(Nc1ccc(SF)cc1)C(C)(C)CSc1ccc(C)cc1. The second kappa shape index (κ2) is 7.93. The zero-order valence-corrected chi connectivity index (χ0v) is 15.4. The molecule has 23 heavy (non-hydrogen) atoms. The van der Waals surface area contributed by atoms with Crippen molar-refractivity contribution in [2.75, 3.05) is 11.1 Å². The van der Waals surface area contributed by atoms with Gasteiger partial charge in [-0.3, -0.25) is 0 Å². The molecule has 0 aliphatic carbocycles. The Labute approximate surface area is 147 Å². The van der Waals surface area contributed by atoms with Gasteiger partial charge in [0, 0.05) is 32.3 Å². The molecule has 0 amide bonds. The number of hydrogen-bond donors (Lipinski definition) is 1. The van der Waals surface area contributed by atoms with Gasteiger partial charge >= 0.3 is 0 Å². The lowest BCUT2D eigenvalue weighted by atomic mass is 9.92. The van der Waals surface area contributed by atoms with Crippen LogP contribution in [0, 0.1) is 12.3 Å². The molecule has 2 aromatic carbocycles. The first-order valence-corrected chi connectivity index (χ1v) is 9.15. The van der Waals surface area contributed by atoms with Crippen molar-refractivity contribution in [1.29, 1.82) is 0 Å². The summed E-state index contributed by atoms with van der Waals surface area (Å²) in [6.07, 6.45) is 0. The van der Waals surface area contributed by atoms with Crippen molar-refractivity contribution >= 4 is 29.6 Å². The van der Waals surface area contributed by atoms with E-state index in [1.54, 1.807) is 12.1 Å². The molecule has 0 spiro atoms. The quantitative estimate of drug-likeness (QED) is 0.559. The van der Waals surface area contributed by atoms with Gasteiger partial charge in [-0.1, -0.05) is 38.1 Å². The first kappa shape index (κ1) is 18.0. The minimum absolute atomic E-state index is 0.0664. The molecule has 4 heteroatoms. The number of thioether (sulfide) groups is 1. The molecule has 0 aliphatic rings. The van der Waals surface area contributed by atoms with Crippen LogP contribution in [0.4, 0.5) is 9.57 Å². The number of halogens is 1. The Morgan fingerprint density at radius 3 is 2.17 bits per heavy atom. The van der Waals surface area contributed by atoms with Crippen molar-refractivity contribution in [1.82, 2.24) is 0 Å². The lowest BCUT2D eigenvalue weighted by Gasteiger charge is -2.28. The molecule has 0 unspecified atom stereocenters. The molecule has 1 nitrogen and oxygen atoms in total. The summed E-state index contributed by atoms with van der Waals surface area (Å²) in [5, 5.41) is 3.34. The lowest BCUT2D eigenvalue weighted by Crippen LogP contribution is -2.22. The monoisotopic (exact) mass is 347 g/mol. The molecule has 0 saturated carbocycles. The third-order valence-corrected chi connectivity index (χ3v) is 5.60. The first-order valence-electron chi connectivity index (χ1n) is 7.45. The molecule has 0 fully saturated rings. The van der Waals surface area contributed by atoms with Gasteiger partial charge < -0.3 is 5.32 Å². The zero-order valence-electron chi connectivity index (χ0n) is 13.7. The molecule has 0 aromatic heterocycles. The maximum Gasteiger partial charge on any atom is 0.0812 e.